The first kappa shape index (κ1) is 7.06. The SMILES string of the molecule is CNC12CC(C1)C(=O)NC2O. The molecule has 4 nitrogen and oxygen atoms in total. The zero-order chi connectivity index (χ0) is 8.06. The van der Waals surface area contributed by atoms with Gasteiger partial charge in [-0.05, 0) is 19.9 Å². The Morgan fingerprint density at radius 1 is 1.73 bits per heavy atom. The number of piperidine rings is 2. The molecule has 0 spiro atoms. The van der Waals surface area contributed by atoms with E-state index in [2.05, 4.69) is 10.6 Å². The Morgan fingerprint density at radius 2 is 2.36 bits per heavy atom. The normalized spacial score (nSPS) is 48.0. The molecule has 0 aromatic heterocycles. The van der Waals surface area contributed by atoms with Crippen LogP contribution in [0.25, 0.3) is 0 Å². The highest BCUT2D eigenvalue weighted by Gasteiger charge is 2.56. The van der Waals surface area contributed by atoms with Gasteiger partial charge in [0.25, 0.3) is 0 Å². The highest BCUT2D eigenvalue weighted by Crippen LogP contribution is 2.42. The van der Waals surface area contributed by atoms with Crippen LogP contribution in [0.15, 0.2) is 0 Å². The molecule has 3 N–H and O–H groups in total. The Bertz CT molecular complexity index is 199. The number of hydrogen-bond acceptors (Lipinski definition) is 3. The summed E-state index contributed by atoms with van der Waals surface area (Å²) < 4.78 is 0. The van der Waals surface area contributed by atoms with Gasteiger partial charge in [0, 0.05) is 5.92 Å². The Balaban J connectivity index is 2.16. The number of fused-ring (bicyclic) bond motifs is 2. The molecule has 2 heterocycles. The van der Waals surface area contributed by atoms with Crippen LogP contribution in [-0.2, 0) is 4.79 Å². The van der Waals surface area contributed by atoms with Crippen molar-refractivity contribution in [1.82, 2.24) is 10.6 Å². The molecule has 0 aromatic rings. The number of likely N-dealkylation sites (N-methyl/N-ethyl adjacent to an activating group) is 1. The Morgan fingerprint density at radius 3 is 2.82 bits per heavy atom. The molecule has 3 aliphatic rings. The molecule has 2 aliphatic heterocycles. The fourth-order valence-electron chi connectivity index (χ4n) is 1.96. The third-order valence-corrected chi connectivity index (χ3v) is 2.89. The Kier molecular flexibility index (Phi) is 1.25. The second kappa shape index (κ2) is 1.95. The van der Waals surface area contributed by atoms with Crippen molar-refractivity contribution >= 4 is 5.91 Å². The minimum atomic E-state index is -0.704. The van der Waals surface area contributed by atoms with Crippen molar-refractivity contribution in [3.8, 4) is 0 Å². The van der Waals surface area contributed by atoms with E-state index in [0.717, 1.165) is 12.8 Å². The Hall–Kier alpha value is -0.610. The first-order chi connectivity index (χ1) is 5.18. The van der Waals surface area contributed by atoms with Gasteiger partial charge in [-0.25, -0.2) is 0 Å². The minimum absolute atomic E-state index is 0.00498. The lowest BCUT2D eigenvalue weighted by molar-refractivity contribution is -0.153. The standard InChI is InChI=1S/C7H12N2O2/c1-8-7-2-4(3-7)5(10)9-6(7)11/h4,6,8,11H,2-3H2,1H3,(H,9,10). The maximum Gasteiger partial charge on any atom is 0.225 e. The quantitative estimate of drug-likeness (QED) is 0.447. The van der Waals surface area contributed by atoms with Crippen LogP contribution in [0.2, 0.25) is 0 Å². The number of amides is 1. The fourth-order valence-corrected chi connectivity index (χ4v) is 1.96. The van der Waals surface area contributed by atoms with E-state index in [1.807, 2.05) is 7.05 Å². The van der Waals surface area contributed by atoms with Crippen LogP contribution in [0.4, 0.5) is 0 Å². The van der Waals surface area contributed by atoms with E-state index in [-0.39, 0.29) is 17.4 Å². The maximum absolute atomic E-state index is 11.0. The zero-order valence-electron chi connectivity index (χ0n) is 6.42. The van der Waals surface area contributed by atoms with E-state index >= 15 is 0 Å². The van der Waals surface area contributed by atoms with E-state index in [0.29, 0.717) is 0 Å². The summed E-state index contributed by atoms with van der Waals surface area (Å²) in [5.41, 5.74) is -0.224. The van der Waals surface area contributed by atoms with Crippen molar-refractivity contribution in [2.24, 2.45) is 5.92 Å². The van der Waals surface area contributed by atoms with Gasteiger partial charge >= 0.3 is 0 Å². The van der Waals surface area contributed by atoms with Gasteiger partial charge in [-0.15, -0.1) is 0 Å². The van der Waals surface area contributed by atoms with Crippen molar-refractivity contribution < 1.29 is 9.90 Å². The summed E-state index contributed by atoms with van der Waals surface area (Å²) in [4.78, 5) is 11.0. The minimum Gasteiger partial charge on any atom is -0.372 e. The summed E-state index contributed by atoms with van der Waals surface area (Å²) in [6, 6.07) is 0. The van der Waals surface area contributed by atoms with Crippen molar-refractivity contribution in [1.29, 1.82) is 0 Å². The van der Waals surface area contributed by atoms with Crippen molar-refractivity contribution in [3.05, 3.63) is 0 Å². The number of nitrogens with one attached hydrogen (secondary N) is 2. The van der Waals surface area contributed by atoms with E-state index in [4.69, 9.17) is 0 Å². The van der Waals surface area contributed by atoms with Crippen molar-refractivity contribution in [2.75, 3.05) is 7.05 Å². The average molecular weight is 156 g/mol. The third kappa shape index (κ3) is 0.736. The van der Waals surface area contributed by atoms with E-state index in [1.54, 1.807) is 0 Å². The lowest BCUT2D eigenvalue weighted by Gasteiger charge is -2.54. The summed E-state index contributed by atoms with van der Waals surface area (Å²) in [7, 11) is 1.82. The first-order valence-corrected chi connectivity index (χ1v) is 3.85. The number of carbonyl (C=O) groups is 1. The van der Waals surface area contributed by atoms with Crippen LogP contribution in [0.5, 0.6) is 0 Å². The first-order valence-electron chi connectivity index (χ1n) is 3.85. The van der Waals surface area contributed by atoms with Crippen LogP contribution in [0.3, 0.4) is 0 Å². The number of aliphatic hydroxyl groups is 1. The van der Waals surface area contributed by atoms with Gasteiger partial charge in [-0.3, -0.25) is 4.79 Å². The maximum atomic E-state index is 11.0. The topological polar surface area (TPSA) is 61.4 Å². The summed E-state index contributed by atoms with van der Waals surface area (Å²) in [5, 5.41) is 15.0. The number of rotatable bonds is 1. The second-order valence-electron chi connectivity index (χ2n) is 3.42. The lowest BCUT2D eigenvalue weighted by atomic mass is 9.64. The molecule has 0 aromatic carbocycles. The summed E-state index contributed by atoms with van der Waals surface area (Å²) in [6.45, 7) is 0. The van der Waals surface area contributed by atoms with Crippen LogP contribution >= 0.6 is 0 Å². The largest absolute Gasteiger partial charge is 0.372 e. The fraction of sp³-hybridized carbons (Fsp3) is 0.857. The van der Waals surface area contributed by atoms with Gasteiger partial charge in [0.1, 0.15) is 6.23 Å². The van der Waals surface area contributed by atoms with Crippen LogP contribution in [0.1, 0.15) is 12.8 Å². The molecule has 1 unspecified atom stereocenters. The van der Waals surface area contributed by atoms with Gasteiger partial charge in [0.05, 0.1) is 5.54 Å². The molecule has 3 fully saturated rings. The smallest absolute Gasteiger partial charge is 0.225 e. The predicted octanol–water partition coefficient (Wildman–Crippen LogP) is -1.20. The van der Waals surface area contributed by atoms with E-state index in [9.17, 15) is 9.90 Å². The van der Waals surface area contributed by atoms with Gasteiger partial charge in [-0.2, -0.15) is 0 Å². The molecule has 1 aliphatic carbocycles. The molecule has 1 saturated carbocycles. The van der Waals surface area contributed by atoms with Crippen LogP contribution in [0, 0.1) is 5.92 Å². The van der Waals surface area contributed by atoms with Crippen LogP contribution in [-0.4, -0.2) is 29.8 Å². The van der Waals surface area contributed by atoms with E-state index < -0.39 is 6.23 Å². The molecule has 11 heavy (non-hydrogen) atoms. The van der Waals surface area contributed by atoms with Crippen LogP contribution < -0.4 is 10.6 Å². The monoisotopic (exact) mass is 156 g/mol. The lowest BCUT2D eigenvalue weighted by Crippen LogP contribution is -2.73. The molecule has 2 bridgehead atoms. The van der Waals surface area contributed by atoms with Gasteiger partial charge in [0.2, 0.25) is 5.91 Å². The molecule has 4 heteroatoms. The summed E-state index contributed by atoms with van der Waals surface area (Å²) >= 11 is 0. The molecule has 62 valence electrons. The summed E-state index contributed by atoms with van der Waals surface area (Å²) in [6.07, 6.45) is 0.845. The summed E-state index contributed by atoms with van der Waals surface area (Å²) in [5.74, 6) is 0.125. The number of carbonyl (C=O) groups excluding carboxylic acids is 1. The Labute approximate surface area is 65.0 Å². The predicted molar refractivity (Wildman–Crippen MR) is 38.7 cm³/mol. The van der Waals surface area contributed by atoms with Crippen molar-refractivity contribution in [2.45, 2.75) is 24.6 Å². The second-order valence-corrected chi connectivity index (χ2v) is 3.42. The molecule has 2 saturated heterocycles. The molecule has 1 atom stereocenters. The molecular formula is C7H12N2O2. The number of aliphatic hydroxyl groups excluding tert-OH is 1. The third-order valence-electron chi connectivity index (χ3n) is 2.89. The molecule has 0 radical (unpaired) electrons. The van der Waals surface area contributed by atoms with Gasteiger partial charge in [0.15, 0.2) is 0 Å². The molecule has 1 amide bonds. The van der Waals surface area contributed by atoms with Crippen molar-refractivity contribution in [3.63, 3.8) is 0 Å². The molecule has 3 rings (SSSR count). The average Bonchev–Trinajstić information content (AvgIpc) is 1.84. The zero-order valence-corrected chi connectivity index (χ0v) is 6.42. The van der Waals surface area contributed by atoms with E-state index in [1.165, 1.54) is 0 Å². The van der Waals surface area contributed by atoms with Gasteiger partial charge < -0.3 is 15.7 Å². The van der Waals surface area contributed by atoms with Gasteiger partial charge in [-0.1, -0.05) is 0 Å². The highest BCUT2D eigenvalue weighted by atomic mass is 16.3. The number of hydrogen-bond donors (Lipinski definition) is 3. The highest BCUT2D eigenvalue weighted by molar-refractivity contribution is 5.82. The molecular weight excluding hydrogens is 144 g/mol.